The number of fused-ring (bicyclic) bond motifs is 1. The molecule has 3 nitrogen and oxygen atoms in total. The molecule has 0 saturated carbocycles. The second kappa shape index (κ2) is 5.31. The highest BCUT2D eigenvalue weighted by molar-refractivity contribution is 9.10. The lowest BCUT2D eigenvalue weighted by atomic mass is 10.2. The zero-order chi connectivity index (χ0) is 12.5. The van der Waals surface area contributed by atoms with Gasteiger partial charge in [-0.05, 0) is 53.2 Å². The highest BCUT2D eigenvalue weighted by atomic mass is 79.9. The summed E-state index contributed by atoms with van der Waals surface area (Å²) in [6.07, 6.45) is 3.63. The third-order valence-electron chi connectivity index (χ3n) is 3.90. The highest BCUT2D eigenvalue weighted by Gasteiger charge is 2.31. The van der Waals surface area contributed by atoms with Crippen molar-refractivity contribution in [3.05, 3.63) is 20.8 Å². The lowest BCUT2D eigenvalue weighted by Crippen LogP contribution is -2.39. The number of hydrogen-bond acceptors (Lipinski definition) is 3. The first kappa shape index (κ1) is 12.6. The lowest BCUT2D eigenvalue weighted by Gasteiger charge is -2.25. The Balaban J connectivity index is 1.75. The fraction of sp³-hybridized carbons (Fsp3) is 0.615. The van der Waals surface area contributed by atoms with Crippen molar-refractivity contribution in [2.24, 2.45) is 0 Å². The van der Waals surface area contributed by atoms with Crippen LogP contribution in [-0.2, 0) is 0 Å². The largest absolute Gasteiger partial charge is 0.336 e. The van der Waals surface area contributed by atoms with Gasteiger partial charge < -0.3 is 4.90 Å². The summed E-state index contributed by atoms with van der Waals surface area (Å²) in [5.74, 6) is 0.200. The van der Waals surface area contributed by atoms with Gasteiger partial charge >= 0.3 is 0 Å². The molecule has 0 aliphatic carbocycles. The summed E-state index contributed by atoms with van der Waals surface area (Å²) in [5.41, 5.74) is 0. The molecule has 0 spiro atoms. The number of thiophene rings is 1. The van der Waals surface area contributed by atoms with Crippen LogP contribution in [0.25, 0.3) is 0 Å². The van der Waals surface area contributed by atoms with Gasteiger partial charge in [0.15, 0.2) is 0 Å². The van der Waals surface area contributed by atoms with Gasteiger partial charge in [0.1, 0.15) is 4.88 Å². The van der Waals surface area contributed by atoms with Crippen LogP contribution in [0.3, 0.4) is 0 Å². The van der Waals surface area contributed by atoms with Crippen molar-refractivity contribution in [3.8, 4) is 0 Å². The Morgan fingerprint density at radius 1 is 1.33 bits per heavy atom. The molecule has 1 aromatic heterocycles. The third kappa shape index (κ3) is 2.36. The zero-order valence-corrected chi connectivity index (χ0v) is 12.7. The normalized spacial score (nSPS) is 24.9. The van der Waals surface area contributed by atoms with Gasteiger partial charge in [-0.3, -0.25) is 9.69 Å². The average Bonchev–Trinajstić information content (AvgIpc) is 2.93. The molecule has 2 saturated heterocycles. The fourth-order valence-corrected chi connectivity index (χ4v) is 4.49. The third-order valence-corrected chi connectivity index (χ3v) is 5.73. The standard InChI is InChI=1S/C13H17BrN2OS/c14-11-4-8-18-12(11)13(17)16-7-2-6-15-5-1-3-10(15)9-16/h4,8,10H,1-3,5-7,9H2. The van der Waals surface area contributed by atoms with E-state index in [1.165, 1.54) is 30.7 Å². The summed E-state index contributed by atoms with van der Waals surface area (Å²) in [6, 6.07) is 2.55. The number of hydrogen-bond donors (Lipinski definition) is 0. The van der Waals surface area contributed by atoms with Crippen LogP contribution in [0.4, 0.5) is 0 Å². The molecule has 0 radical (unpaired) electrons. The number of carbonyl (C=O) groups is 1. The summed E-state index contributed by atoms with van der Waals surface area (Å²) in [4.78, 5) is 18.0. The van der Waals surface area contributed by atoms with Crippen molar-refractivity contribution in [3.63, 3.8) is 0 Å². The second-order valence-electron chi connectivity index (χ2n) is 5.03. The van der Waals surface area contributed by atoms with E-state index in [4.69, 9.17) is 0 Å². The van der Waals surface area contributed by atoms with Crippen LogP contribution in [0.1, 0.15) is 28.9 Å². The van der Waals surface area contributed by atoms with E-state index in [-0.39, 0.29) is 5.91 Å². The van der Waals surface area contributed by atoms with E-state index < -0.39 is 0 Å². The van der Waals surface area contributed by atoms with Crippen LogP contribution in [0.5, 0.6) is 0 Å². The molecule has 98 valence electrons. The monoisotopic (exact) mass is 328 g/mol. The lowest BCUT2D eigenvalue weighted by molar-refractivity contribution is 0.0747. The summed E-state index contributed by atoms with van der Waals surface area (Å²) < 4.78 is 0.935. The molecule has 2 aliphatic rings. The van der Waals surface area contributed by atoms with E-state index in [1.54, 1.807) is 0 Å². The maximum atomic E-state index is 12.5. The van der Waals surface area contributed by atoms with Gasteiger partial charge in [-0.1, -0.05) is 0 Å². The average molecular weight is 329 g/mol. The molecule has 0 bridgehead atoms. The van der Waals surface area contributed by atoms with Gasteiger partial charge in [0, 0.05) is 30.1 Å². The molecule has 1 atom stereocenters. The van der Waals surface area contributed by atoms with Crippen LogP contribution >= 0.6 is 27.3 Å². The Bertz CT molecular complexity index is 448. The van der Waals surface area contributed by atoms with Gasteiger partial charge in [0.25, 0.3) is 5.91 Å². The Morgan fingerprint density at radius 2 is 2.17 bits per heavy atom. The zero-order valence-electron chi connectivity index (χ0n) is 10.3. The molecule has 2 fully saturated rings. The fourth-order valence-electron chi connectivity index (χ4n) is 2.98. The molecular weight excluding hydrogens is 312 g/mol. The molecule has 1 aromatic rings. The van der Waals surface area contributed by atoms with E-state index in [0.717, 1.165) is 35.4 Å². The summed E-state index contributed by atoms with van der Waals surface area (Å²) in [5, 5.41) is 1.97. The number of nitrogens with zero attached hydrogens (tertiary/aromatic N) is 2. The molecule has 0 aromatic carbocycles. The maximum absolute atomic E-state index is 12.5. The maximum Gasteiger partial charge on any atom is 0.265 e. The van der Waals surface area contributed by atoms with Gasteiger partial charge in [-0.2, -0.15) is 0 Å². The minimum Gasteiger partial charge on any atom is -0.336 e. The Morgan fingerprint density at radius 3 is 2.94 bits per heavy atom. The smallest absolute Gasteiger partial charge is 0.265 e. The first-order chi connectivity index (χ1) is 8.75. The number of rotatable bonds is 1. The molecule has 18 heavy (non-hydrogen) atoms. The predicted molar refractivity (Wildman–Crippen MR) is 77.1 cm³/mol. The van der Waals surface area contributed by atoms with E-state index in [9.17, 15) is 4.79 Å². The first-order valence-corrected chi connectivity index (χ1v) is 8.19. The van der Waals surface area contributed by atoms with Crippen molar-refractivity contribution in [2.45, 2.75) is 25.3 Å². The molecule has 3 rings (SSSR count). The Kier molecular flexibility index (Phi) is 3.73. The van der Waals surface area contributed by atoms with E-state index in [0.29, 0.717) is 6.04 Å². The van der Waals surface area contributed by atoms with Gasteiger partial charge in [0.2, 0.25) is 0 Å². The minimum absolute atomic E-state index is 0.200. The van der Waals surface area contributed by atoms with Crippen LogP contribution in [0.15, 0.2) is 15.9 Å². The quantitative estimate of drug-likeness (QED) is 0.791. The van der Waals surface area contributed by atoms with Gasteiger partial charge in [0.05, 0.1) is 0 Å². The van der Waals surface area contributed by atoms with Gasteiger partial charge in [-0.15, -0.1) is 11.3 Å². The summed E-state index contributed by atoms with van der Waals surface area (Å²) >= 11 is 4.99. The van der Waals surface area contributed by atoms with Crippen LogP contribution in [0, 0.1) is 0 Å². The van der Waals surface area contributed by atoms with Crippen molar-refractivity contribution in [2.75, 3.05) is 26.2 Å². The molecule has 2 aliphatic heterocycles. The van der Waals surface area contributed by atoms with Crippen molar-refractivity contribution < 1.29 is 4.79 Å². The Labute approximate surface area is 120 Å². The topological polar surface area (TPSA) is 23.6 Å². The first-order valence-electron chi connectivity index (χ1n) is 6.52. The number of carbonyl (C=O) groups excluding carboxylic acids is 1. The van der Waals surface area contributed by atoms with Crippen molar-refractivity contribution >= 4 is 33.2 Å². The minimum atomic E-state index is 0.200. The molecule has 3 heterocycles. The van der Waals surface area contributed by atoms with Gasteiger partial charge in [-0.25, -0.2) is 0 Å². The van der Waals surface area contributed by atoms with Crippen molar-refractivity contribution in [1.29, 1.82) is 0 Å². The van der Waals surface area contributed by atoms with E-state index >= 15 is 0 Å². The highest BCUT2D eigenvalue weighted by Crippen LogP contribution is 2.27. The second-order valence-corrected chi connectivity index (χ2v) is 6.80. The molecule has 0 N–H and O–H groups in total. The van der Waals surface area contributed by atoms with Crippen LogP contribution < -0.4 is 0 Å². The molecular formula is C13H17BrN2OS. The summed E-state index contributed by atoms with van der Waals surface area (Å²) in [7, 11) is 0. The van der Waals surface area contributed by atoms with Crippen molar-refractivity contribution in [1.82, 2.24) is 9.80 Å². The van der Waals surface area contributed by atoms with E-state index in [2.05, 4.69) is 20.8 Å². The molecule has 5 heteroatoms. The van der Waals surface area contributed by atoms with Crippen LogP contribution in [0.2, 0.25) is 0 Å². The predicted octanol–water partition coefficient (Wildman–Crippen LogP) is 2.82. The SMILES string of the molecule is O=C(c1sccc1Br)N1CCCN2CCCC2C1. The molecule has 1 amide bonds. The number of amides is 1. The molecule has 1 unspecified atom stereocenters. The number of halogens is 1. The van der Waals surface area contributed by atoms with Crippen LogP contribution in [-0.4, -0.2) is 47.9 Å². The van der Waals surface area contributed by atoms with E-state index in [1.807, 2.05) is 16.3 Å². The summed E-state index contributed by atoms with van der Waals surface area (Å²) in [6.45, 7) is 4.18. The Hall–Kier alpha value is -0.390.